The Hall–Kier alpha value is -2.14. The summed E-state index contributed by atoms with van der Waals surface area (Å²) in [6, 6.07) is 10.4. The summed E-state index contributed by atoms with van der Waals surface area (Å²) < 4.78 is 0. The Bertz CT molecular complexity index is 943. The maximum Gasteiger partial charge on any atom is 0.242 e. The number of carbonyl (C=O) groups is 2. The molecule has 2 heterocycles. The predicted molar refractivity (Wildman–Crippen MR) is 133 cm³/mol. The van der Waals surface area contributed by atoms with Crippen molar-refractivity contribution in [1.82, 2.24) is 9.80 Å². The first kappa shape index (κ1) is 24.5. The summed E-state index contributed by atoms with van der Waals surface area (Å²) in [6.07, 6.45) is 2.37. The van der Waals surface area contributed by atoms with Gasteiger partial charge in [-0.25, -0.2) is 0 Å². The van der Waals surface area contributed by atoms with Crippen LogP contribution in [-0.4, -0.2) is 41.2 Å². The summed E-state index contributed by atoms with van der Waals surface area (Å²) in [5.41, 5.74) is 3.79. The third-order valence-corrected chi connectivity index (χ3v) is 7.31. The van der Waals surface area contributed by atoms with Gasteiger partial charge in [0.15, 0.2) is 0 Å². The summed E-state index contributed by atoms with van der Waals surface area (Å²) >= 11 is 1.78. The van der Waals surface area contributed by atoms with E-state index in [0.717, 1.165) is 12.8 Å². The van der Waals surface area contributed by atoms with Crippen LogP contribution in [0.5, 0.6) is 0 Å². The molecule has 4 nitrogen and oxygen atoms in total. The first-order valence-electron chi connectivity index (χ1n) is 11.8. The maximum atomic E-state index is 13.5. The minimum atomic E-state index is -0.0766. The summed E-state index contributed by atoms with van der Waals surface area (Å²) in [5, 5.41) is 2.13. The van der Waals surface area contributed by atoms with Crippen molar-refractivity contribution >= 4 is 23.2 Å². The number of likely N-dealkylation sites (N-methyl/N-ethyl adjacent to an activating group) is 1. The molecule has 0 aliphatic carbocycles. The fraction of sp³-hybridized carbons (Fsp3) is 0.556. The number of carbonyl (C=O) groups excluding carboxylic acids is 2. The lowest BCUT2D eigenvalue weighted by Gasteiger charge is -2.38. The molecule has 0 N–H and O–H groups in total. The molecular formula is C27H38N2O2S. The second kappa shape index (κ2) is 10.2. The Morgan fingerprint density at radius 2 is 1.91 bits per heavy atom. The fourth-order valence-corrected chi connectivity index (χ4v) is 5.89. The van der Waals surface area contributed by atoms with Crippen LogP contribution in [0.25, 0.3) is 0 Å². The number of hydrogen-bond acceptors (Lipinski definition) is 3. The van der Waals surface area contributed by atoms with Crippen LogP contribution in [0.3, 0.4) is 0 Å². The van der Waals surface area contributed by atoms with Gasteiger partial charge in [-0.1, -0.05) is 52.0 Å². The van der Waals surface area contributed by atoms with E-state index in [4.69, 9.17) is 0 Å². The van der Waals surface area contributed by atoms with E-state index in [1.165, 1.54) is 21.6 Å². The van der Waals surface area contributed by atoms with Gasteiger partial charge in [-0.2, -0.15) is 0 Å². The van der Waals surface area contributed by atoms with Gasteiger partial charge in [-0.15, -0.1) is 11.3 Å². The van der Waals surface area contributed by atoms with E-state index >= 15 is 0 Å². The van der Waals surface area contributed by atoms with E-state index in [1.54, 1.807) is 16.2 Å². The molecule has 5 heteroatoms. The number of benzene rings is 1. The Balaban J connectivity index is 1.77. The Morgan fingerprint density at radius 1 is 1.19 bits per heavy atom. The third-order valence-electron chi connectivity index (χ3n) is 6.31. The maximum absolute atomic E-state index is 13.5. The molecule has 2 aromatic rings. The van der Waals surface area contributed by atoms with Crippen molar-refractivity contribution in [3.8, 4) is 0 Å². The van der Waals surface area contributed by atoms with Crippen LogP contribution < -0.4 is 0 Å². The van der Waals surface area contributed by atoms with E-state index in [2.05, 4.69) is 58.2 Å². The van der Waals surface area contributed by atoms with E-state index in [0.29, 0.717) is 25.4 Å². The minimum Gasteiger partial charge on any atom is -0.334 e. The fourth-order valence-electron chi connectivity index (χ4n) is 4.99. The second-order valence-electron chi connectivity index (χ2n) is 10.4. The van der Waals surface area contributed by atoms with Crippen LogP contribution in [0.4, 0.5) is 0 Å². The minimum absolute atomic E-state index is 0.0359. The number of thiophene rings is 1. The van der Waals surface area contributed by atoms with Gasteiger partial charge < -0.3 is 9.80 Å². The Morgan fingerprint density at radius 3 is 2.56 bits per heavy atom. The Labute approximate surface area is 197 Å². The van der Waals surface area contributed by atoms with Crippen molar-refractivity contribution in [3.05, 3.63) is 57.3 Å². The highest BCUT2D eigenvalue weighted by Crippen LogP contribution is 2.39. The molecule has 32 heavy (non-hydrogen) atoms. The van der Waals surface area contributed by atoms with Crippen molar-refractivity contribution in [2.75, 3.05) is 19.6 Å². The van der Waals surface area contributed by atoms with Crippen LogP contribution in [0.15, 0.2) is 35.7 Å². The number of rotatable bonds is 7. The second-order valence-corrected chi connectivity index (χ2v) is 11.4. The van der Waals surface area contributed by atoms with Gasteiger partial charge in [0, 0.05) is 24.4 Å². The van der Waals surface area contributed by atoms with Gasteiger partial charge in [-0.3, -0.25) is 9.59 Å². The Kier molecular flexibility index (Phi) is 7.81. The van der Waals surface area contributed by atoms with Gasteiger partial charge in [0.2, 0.25) is 11.8 Å². The molecular weight excluding hydrogens is 416 g/mol. The highest BCUT2D eigenvalue weighted by atomic mass is 32.1. The number of aryl methyl sites for hydroxylation is 1. The SMILES string of the molecule is CCN(CC(=O)N1CCc2sccc2C1c1ccccc1C)C(=O)CC(C)CC(C)(C)C. The third kappa shape index (κ3) is 5.80. The number of nitrogens with zero attached hydrogens (tertiary/aromatic N) is 2. The molecule has 2 atom stereocenters. The van der Waals surface area contributed by atoms with Gasteiger partial charge in [0.25, 0.3) is 0 Å². The molecule has 0 saturated carbocycles. The number of amides is 2. The lowest BCUT2D eigenvalue weighted by atomic mass is 9.84. The standard InChI is InChI=1S/C27H38N2O2S/c1-7-28(24(30)16-19(2)17-27(4,5)6)18-25(31)29-14-12-23-22(13-15-32-23)26(29)21-11-9-8-10-20(21)3/h8-11,13,15,19,26H,7,12,14,16-18H2,1-6H3. The molecule has 0 spiro atoms. The first-order valence-corrected chi connectivity index (χ1v) is 12.7. The van der Waals surface area contributed by atoms with Crippen molar-refractivity contribution in [3.63, 3.8) is 0 Å². The summed E-state index contributed by atoms with van der Waals surface area (Å²) in [5.74, 6) is 0.418. The van der Waals surface area contributed by atoms with Crippen molar-refractivity contribution in [1.29, 1.82) is 0 Å². The van der Waals surface area contributed by atoms with Crippen LogP contribution in [0.2, 0.25) is 0 Å². The molecule has 1 aliphatic heterocycles. The first-order chi connectivity index (χ1) is 15.1. The van der Waals surface area contributed by atoms with Gasteiger partial charge in [0.05, 0.1) is 12.6 Å². The van der Waals surface area contributed by atoms with Crippen LogP contribution in [-0.2, 0) is 16.0 Å². The summed E-state index contributed by atoms with van der Waals surface area (Å²) in [4.78, 5) is 31.6. The smallest absolute Gasteiger partial charge is 0.242 e. The van der Waals surface area contributed by atoms with E-state index in [1.807, 2.05) is 24.0 Å². The largest absolute Gasteiger partial charge is 0.334 e. The molecule has 1 aromatic carbocycles. The average molecular weight is 455 g/mol. The molecule has 0 fully saturated rings. The zero-order valence-corrected chi connectivity index (χ0v) is 21.3. The molecule has 2 unspecified atom stereocenters. The average Bonchev–Trinajstić information content (AvgIpc) is 3.19. The monoisotopic (exact) mass is 454 g/mol. The molecule has 1 aromatic heterocycles. The summed E-state index contributed by atoms with van der Waals surface area (Å²) in [6.45, 7) is 14.2. The van der Waals surface area contributed by atoms with Crippen molar-refractivity contribution < 1.29 is 9.59 Å². The van der Waals surface area contributed by atoms with Gasteiger partial charge >= 0.3 is 0 Å². The highest BCUT2D eigenvalue weighted by Gasteiger charge is 2.34. The molecule has 0 radical (unpaired) electrons. The molecule has 2 amide bonds. The van der Waals surface area contributed by atoms with Crippen LogP contribution >= 0.6 is 11.3 Å². The van der Waals surface area contributed by atoms with Crippen LogP contribution in [0.1, 0.15) is 75.1 Å². The summed E-state index contributed by atoms with van der Waals surface area (Å²) in [7, 11) is 0. The van der Waals surface area contributed by atoms with E-state index < -0.39 is 0 Å². The van der Waals surface area contributed by atoms with Gasteiger partial charge in [-0.05, 0) is 66.2 Å². The normalized spacial score (nSPS) is 17.1. The van der Waals surface area contributed by atoms with Crippen molar-refractivity contribution in [2.24, 2.45) is 11.3 Å². The molecule has 1 aliphatic rings. The van der Waals surface area contributed by atoms with Crippen molar-refractivity contribution in [2.45, 2.75) is 66.8 Å². The zero-order valence-electron chi connectivity index (χ0n) is 20.5. The van der Waals surface area contributed by atoms with Crippen LogP contribution in [0, 0.1) is 18.3 Å². The topological polar surface area (TPSA) is 40.6 Å². The number of fused-ring (bicyclic) bond motifs is 1. The lowest BCUT2D eigenvalue weighted by molar-refractivity contribution is -0.142. The predicted octanol–water partition coefficient (Wildman–Crippen LogP) is 5.84. The van der Waals surface area contributed by atoms with E-state index in [-0.39, 0.29) is 29.8 Å². The van der Waals surface area contributed by atoms with E-state index in [9.17, 15) is 9.59 Å². The molecule has 3 rings (SSSR count). The zero-order chi connectivity index (χ0) is 23.5. The number of hydrogen-bond donors (Lipinski definition) is 0. The lowest BCUT2D eigenvalue weighted by Crippen LogP contribution is -2.47. The molecule has 0 bridgehead atoms. The molecule has 0 saturated heterocycles. The van der Waals surface area contributed by atoms with Gasteiger partial charge in [0.1, 0.15) is 0 Å². The highest BCUT2D eigenvalue weighted by molar-refractivity contribution is 7.10. The quantitative estimate of drug-likeness (QED) is 0.527. The molecule has 174 valence electrons.